The van der Waals surface area contributed by atoms with Gasteiger partial charge in [0.05, 0.1) is 10.1 Å². The van der Waals surface area contributed by atoms with Gasteiger partial charge in [0.2, 0.25) is 5.91 Å². The molecule has 0 aromatic carbocycles. The van der Waals surface area contributed by atoms with Crippen LogP contribution in [-0.2, 0) is 4.79 Å². The van der Waals surface area contributed by atoms with Gasteiger partial charge in [-0.25, -0.2) is 4.79 Å². The fourth-order valence-corrected chi connectivity index (χ4v) is 4.01. The molecule has 1 fully saturated rings. The van der Waals surface area contributed by atoms with E-state index in [-0.39, 0.29) is 5.91 Å². The standard InChI is InChI=1S/C17H23N5O2S2/c1-10(14(23)18-15(24)19-17(2,3)4)26-16-21-20-13(12-6-5-9-25-12)22(16)11-7-8-11/h5-6,9-11H,7-8H2,1-4H3,(H2,18,19,23,24)/t10-/m0/s1. The van der Waals surface area contributed by atoms with Crippen LogP contribution < -0.4 is 10.6 Å². The molecule has 0 radical (unpaired) electrons. The summed E-state index contributed by atoms with van der Waals surface area (Å²) in [4.78, 5) is 25.3. The highest BCUT2D eigenvalue weighted by atomic mass is 32.2. The molecule has 2 aromatic rings. The molecular weight excluding hydrogens is 370 g/mol. The van der Waals surface area contributed by atoms with Crippen molar-refractivity contribution in [3.63, 3.8) is 0 Å². The van der Waals surface area contributed by atoms with Gasteiger partial charge in [0.1, 0.15) is 0 Å². The minimum absolute atomic E-state index is 0.347. The fraction of sp³-hybridized carbons (Fsp3) is 0.529. The lowest BCUT2D eigenvalue weighted by molar-refractivity contribution is -0.119. The summed E-state index contributed by atoms with van der Waals surface area (Å²) in [5.41, 5.74) is -0.400. The van der Waals surface area contributed by atoms with E-state index in [4.69, 9.17) is 0 Å². The third kappa shape index (κ3) is 4.64. The first-order chi connectivity index (χ1) is 12.2. The van der Waals surface area contributed by atoms with E-state index in [0.29, 0.717) is 6.04 Å². The van der Waals surface area contributed by atoms with Crippen LogP contribution >= 0.6 is 23.1 Å². The molecule has 1 saturated carbocycles. The summed E-state index contributed by atoms with van der Waals surface area (Å²) >= 11 is 2.95. The number of carbonyl (C=O) groups is 2. The number of aromatic nitrogens is 3. The third-order valence-electron chi connectivity index (χ3n) is 3.69. The molecule has 2 heterocycles. The van der Waals surface area contributed by atoms with Crippen LogP contribution in [0.4, 0.5) is 4.79 Å². The van der Waals surface area contributed by atoms with Gasteiger partial charge in [-0.1, -0.05) is 17.8 Å². The maximum absolute atomic E-state index is 12.3. The van der Waals surface area contributed by atoms with Crippen molar-refractivity contribution >= 4 is 35.0 Å². The molecule has 1 aliphatic carbocycles. The molecular formula is C17H23N5O2S2. The van der Waals surface area contributed by atoms with Crippen molar-refractivity contribution in [1.82, 2.24) is 25.4 Å². The summed E-state index contributed by atoms with van der Waals surface area (Å²) in [6.45, 7) is 7.35. The largest absolute Gasteiger partial charge is 0.333 e. The summed E-state index contributed by atoms with van der Waals surface area (Å²) in [5.74, 6) is 0.503. The molecule has 3 rings (SSSR count). The van der Waals surface area contributed by atoms with E-state index < -0.39 is 16.8 Å². The quantitative estimate of drug-likeness (QED) is 0.760. The molecule has 9 heteroatoms. The van der Waals surface area contributed by atoms with Gasteiger partial charge in [0.25, 0.3) is 0 Å². The monoisotopic (exact) mass is 393 g/mol. The Morgan fingerprint density at radius 1 is 1.35 bits per heavy atom. The van der Waals surface area contributed by atoms with E-state index in [0.717, 1.165) is 28.7 Å². The lowest BCUT2D eigenvalue weighted by atomic mass is 10.1. The number of nitrogens with one attached hydrogen (secondary N) is 2. The zero-order chi connectivity index (χ0) is 18.9. The van der Waals surface area contributed by atoms with Crippen molar-refractivity contribution in [2.45, 2.75) is 62.5 Å². The maximum Gasteiger partial charge on any atom is 0.321 e. The number of rotatable bonds is 5. The summed E-state index contributed by atoms with van der Waals surface area (Å²) in [5, 5.41) is 16.0. The number of amides is 3. The predicted octanol–water partition coefficient (Wildman–Crippen LogP) is 3.45. The number of carbonyl (C=O) groups excluding carboxylic acids is 2. The van der Waals surface area contributed by atoms with Gasteiger partial charge in [-0.15, -0.1) is 21.5 Å². The zero-order valence-corrected chi connectivity index (χ0v) is 16.9. The summed E-state index contributed by atoms with van der Waals surface area (Å²) in [6.07, 6.45) is 2.19. The number of hydrogen-bond acceptors (Lipinski definition) is 6. The maximum atomic E-state index is 12.3. The lowest BCUT2D eigenvalue weighted by Gasteiger charge is -2.21. The predicted molar refractivity (Wildman–Crippen MR) is 103 cm³/mol. The van der Waals surface area contributed by atoms with Crippen molar-refractivity contribution in [3.8, 4) is 10.7 Å². The van der Waals surface area contributed by atoms with Gasteiger partial charge in [-0.2, -0.15) is 0 Å². The molecule has 3 amide bonds. The van der Waals surface area contributed by atoms with Crippen molar-refractivity contribution in [1.29, 1.82) is 0 Å². The number of hydrogen-bond donors (Lipinski definition) is 2. The van der Waals surface area contributed by atoms with Crippen LogP contribution in [0.2, 0.25) is 0 Å². The normalized spacial score (nSPS) is 15.5. The first kappa shape index (κ1) is 18.9. The Labute approximate surface area is 161 Å². The Morgan fingerprint density at radius 3 is 2.65 bits per heavy atom. The minimum atomic E-state index is -0.488. The molecule has 7 nitrogen and oxygen atoms in total. The number of thiophene rings is 1. The van der Waals surface area contributed by atoms with Gasteiger partial charge in [-0.3, -0.25) is 14.7 Å². The van der Waals surface area contributed by atoms with Gasteiger partial charge < -0.3 is 5.32 Å². The van der Waals surface area contributed by atoms with Crippen LogP contribution in [0.5, 0.6) is 0 Å². The van der Waals surface area contributed by atoms with Gasteiger partial charge >= 0.3 is 6.03 Å². The van der Waals surface area contributed by atoms with Crippen LogP contribution in [-0.4, -0.2) is 37.5 Å². The van der Waals surface area contributed by atoms with Gasteiger partial charge in [-0.05, 0) is 52.0 Å². The number of nitrogens with zero attached hydrogens (tertiary/aromatic N) is 3. The second kappa shape index (κ2) is 7.40. The van der Waals surface area contributed by atoms with E-state index in [1.54, 1.807) is 18.3 Å². The topological polar surface area (TPSA) is 88.9 Å². The molecule has 0 saturated heterocycles. The second-order valence-electron chi connectivity index (χ2n) is 7.34. The molecule has 26 heavy (non-hydrogen) atoms. The van der Waals surface area contributed by atoms with Crippen molar-refractivity contribution in [3.05, 3.63) is 17.5 Å². The van der Waals surface area contributed by atoms with Crippen molar-refractivity contribution in [2.24, 2.45) is 0 Å². The van der Waals surface area contributed by atoms with E-state index in [2.05, 4.69) is 25.4 Å². The highest BCUT2D eigenvalue weighted by Crippen LogP contribution is 2.42. The van der Waals surface area contributed by atoms with Crippen molar-refractivity contribution < 1.29 is 9.59 Å². The van der Waals surface area contributed by atoms with Gasteiger partial charge in [0.15, 0.2) is 11.0 Å². The molecule has 1 aliphatic rings. The van der Waals surface area contributed by atoms with Crippen LogP contribution in [0.25, 0.3) is 10.7 Å². The van der Waals surface area contributed by atoms with Crippen molar-refractivity contribution in [2.75, 3.05) is 0 Å². The SMILES string of the molecule is C[C@H](Sc1nnc(-c2cccs2)n1C1CC1)C(=O)NC(=O)NC(C)(C)C. The van der Waals surface area contributed by atoms with Crippen LogP contribution in [0.15, 0.2) is 22.7 Å². The number of imide groups is 1. The number of thioether (sulfide) groups is 1. The average molecular weight is 394 g/mol. The third-order valence-corrected chi connectivity index (χ3v) is 5.62. The molecule has 0 spiro atoms. The first-order valence-electron chi connectivity index (χ1n) is 8.53. The zero-order valence-electron chi connectivity index (χ0n) is 15.3. The van der Waals surface area contributed by atoms with Crippen LogP contribution in [0, 0.1) is 0 Å². The molecule has 2 aromatic heterocycles. The Bertz CT molecular complexity index is 791. The average Bonchev–Trinajstić information content (AvgIpc) is 3.06. The molecule has 2 N–H and O–H groups in total. The minimum Gasteiger partial charge on any atom is -0.333 e. The fourth-order valence-electron chi connectivity index (χ4n) is 2.39. The summed E-state index contributed by atoms with van der Waals surface area (Å²) < 4.78 is 2.12. The van der Waals surface area contributed by atoms with E-state index >= 15 is 0 Å². The van der Waals surface area contributed by atoms with E-state index in [1.807, 2.05) is 38.3 Å². The van der Waals surface area contributed by atoms with E-state index in [1.165, 1.54) is 11.8 Å². The Kier molecular flexibility index (Phi) is 5.38. The lowest BCUT2D eigenvalue weighted by Crippen LogP contribution is -2.49. The van der Waals surface area contributed by atoms with Gasteiger partial charge in [0, 0.05) is 11.6 Å². The molecule has 0 aliphatic heterocycles. The highest BCUT2D eigenvalue weighted by molar-refractivity contribution is 8.00. The summed E-state index contributed by atoms with van der Waals surface area (Å²) in [7, 11) is 0. The number of urea groups is 1. The van der Waals surface area contributed by atoms with E-state index in [9.17, 15) is 9.59 Å². The Hall–Kier alpha value is -1.87. The molecule has 1 atom stereocenters. The Morgan fingerprint density at radius 2 is 2.08 bits per heavy atom. The first-order valence-corrected chi connectivity index (χ1v) is 10.3. The molecule has 0 unspecified atom stereocenters. The van der Waals surface area contributed by atoms with Crippen LogP contribution in [0.1, 0.15) is 46.6 Å². The smallest absolute Gasteiger partial charge is 0.321 e. The Balaban J connectivity index is 1.69. The molecule has 0 bridgehead atoms. The van der Waals surface area contributed by atoms with Crippen LogP contribution in [0.3, 0.4) is 0 Å². The second-order valence-corrected chi connectivity index (χ2v) is 9.59. The molecule has 140 valence electrons. The highest BCUT2D eigenvalue weighted by Gasteiger charge is 2.32. The summed E-state index contributed by atoms with van der Waals surface area (Å²) in [6, 6.07) is 3.92.